The van der Waals surface area contributed by atoms with E-state index in [9.17, 15) is 5.11 Å². The Bertz CT molecular complexity index is 331. The predicted octanol–water partition coefficient (Wildman–Crippen LogP) is 4.01. The third-order valence-electron chi connectivity index (χ3n) is 3.85. The average molecular weight is 220 g/mol. The second-order valence-electron chi connectivity index (χ2n) is 5.27. The summed E-state index contributed by atoms with van der Waals surface area (Å²) in [6, 6.07) is 0. The largest absolute Gasteiger partial charge is 0.386 e. The molecule has 0 aromatic carbocycles. The number of rotatable bonds is 4. The van der Waals surface area contributed by atoms with Crippen LogP contribution in [0.15, 0.2) is 35.5 Å². The van der Waals surface area contributed by atoms with Crippen LogP contribution in [0.3, 0.4) is 0 Å². The van der Waals surface area contributed by atoms with Crippen molar-refractivity contribution in [1.82, 2.24) is 0 Å². The van der Waals surface area contributed by atoms with Crippen LogP contribution in [-0.2, 0) is 0 Å². The van der Waals surface area contributed by atoms with Gasteiger partial charge >= 0.3 is 0 Å². The molecule has 1 aliphatic rings. The lowest BCUT2D eigenvalue weighted by Gasteiger charge is -2.28. The van der Waals surface area contributed by atoms with Gasteiger partial charge in [-0.2, -0.15) is 0 Å². The van der Waals surface area contributed by atoms with Crippen molar-refractivity contribution in [2.45, 2.75) is 52.6 Å². The summed E-state index contributed by atoms with van der Waals surface area (Å²) in [5.74, 6) is 0.514. The van der Waals surface area contributed by atoms with Gasteiger partial charge in [-0.1, -0.05) is 28.9 Å². The van der Waals surface area contributed by atoms with Gasteiger partial charge in [0.05, 0.1) is 5.60 Å². The minimum atomic E-state index is -0.730. The van der Waals surface area contributed by atoms with Crippen LogP contribution < -0.4 is 0 Å². The normalized spacial score (nSPS) is 25.1. The number of hydrogen-bond acceptors (Lipinski definition) is 1. The van der Waals surface area contributed by atoms with Gasteiger partial charge in [-0.15, -0.1) is 6.58 Å². The van der Waals surface area contributed by atoms with E-state index >= 15 is 0 Å². The maximum Gasteiger partial charge on any atom is 0.0797 e. The molecule has 0 heterocycles. The second-order valence-corrected chi connectivity index (χ2v) is 5.27. The zero-order valence-electron chi connectivity index (χ0n) is 11.0. The van der Waals surface area contributed by atoms with E-state index in [4.69, 9.17) is 0 Å². The Kier molecular flexibility index (Phi) is 4.15. The molecule has 0 saturated carbocycles. The van der Waals surface area contributed by atoms with Crippen LogP contribution >= 0.6 is 0 Å². The Morgan fingerprint density at radius 1 is 1.50 bits per heavy atom. The van der Waals surface area contributed by atoms with Crippen LogP contribution in [0.4, 0.5) is 0 Å². The number of allylic oxidation sites excluding steroid dienone is 4. The minimum Gasteiger partial charge on any atom is -0.386 e. The van der Waals surface area contributed by atoms with E-state index < -0.39 is 5.60 Å². The van der Waals surface area contributed by atoms with Gasteiger partial charge < -0.3 is 5.11 Å². The van der Waals surface area contributed by atoms with Gasteiger partial charge in [0.25, 0.3) is 0 Å². The molecule has 0 radical (unpaired) electrons. The first-order valence-electron chi connectivity index (χ1n) is 6.06. The molecule has 0 unspecified atom stereocenters. The summed E-state index contributed by atoms with van der Waals surface area (Å²) in [6.45, 7) is 12.1. The summed E-state index contributed by atoms with van der Waals surface area (Å²) in [5.41, 5.74) is 3.68. The van der Waals surface area contributed by atoms with E-state index in [0.29, 0.717) is 5.92 Å². The third-order valence-corrected chi connectivity index (χ3v) is 3.85. The Balaban J connectivity index is 2.69. The summed E-state index contributed by atoms with van der Waals surface area (Å²) >= 11 is 0. The van der Waals surface area contributed by atoms with E-state index in [0.717, 1.165) is 19.3 Å². The highest BCUT2D eigenvalue weighted by Crippen LogP contribution is 2.34. The van der Waals surface area contributed by atoms with Crippen LogP contribution in [0.25, 0.3) is 0 Å². The van der Waals surface area contributed by atoms with Crippen molar-refractivity contribution in [1.29, 1.82) is 0 Å². The molecule has 0 aromatic rings. The van der Waals surface area contributed by atoms with Gasteiger partial charge in [0.15, 0.2) is 0 Å². The molecule has 0 fully saturated rings. The van der Waals surface area contributed by atoms with Crippen molar-refractivity contribution >= 4 is 0 Å². The van der Waals surface area contributed by atoms with Gasteiger partial charge in [0.1, 0.15) is 0 Å². The zero-order valence-corrected chi connectivity index (χ0v) is 11.0. The lowest BCUT2D eigenvalue weighted by Crippen LogP contribution is -2.22. The first-order valence-corrected chi connectivity index (χ1v) is 6.06. The summed E-state index contributed by atoms with van der Waals surface area (Å²) in [6.07, 6.45) is 6.82. The lowest BCUT2D eigenvalue weighted by atomic mass is 9.79. The Hall–Kier alpha value is -0.820. The van der Waals surface area contributed by atoms with Crippen LogP contribution in [-0.4, -0.2) is 10.7 Å². The van der Waals surface area contributed by atoms with Crippen LogP contribution in [0.1, 0.15) is 47.0 Å². The van der Waals surface area contributed by atoms with Gasteiger partial charge in [-0.25, -0.2) is 0 Å². The van der Waals surface area contributed by atoms with E-state index in [-0.39, 0.29) is 0 Å². The van der Waals surface area contributed by atoms with Crippen molar-refractivity contribution in [3.63, 3.8) is 0 Å². The maximum atomic E-state index is 9.94. The predicted molar refractivity (Wildman–Crippen MR) is 70.3 cm³/mol. The fourth-order valence-electron chi connectivity index (χ4n) is 2.24. The fraction of sp³-hybridized carbons (Fsp3) is 0.600. The van der Waals surface area contributed by atoms with Crippen LogP contribution in [0, 0.1) is 5.92 Å². The van der Waals surface area contributed by atoms with E-state index in [2.05, 4.69) is 33.4 Å². The lowest BCUT2D eigenvalue weighted by molar-refractivity contribution is 0.0968. The quantitative estimate of drug-likeness (QED) is 0.710. The smallest absolute Gasteiger partial charge is 0.0797 e. The first-order chi connectivity index (χ1) is 7.37. The van der Waals surface area contributed by atoms with Gasteiger partial charge in [-0.05, 0) is 47.0 Å². The van der Waals surface area contributed by atoms with E-state index in [1.54, 1.807) is 6.08 Å². The summed E-state index contributed by atoms with van der Waals surface area (Å²) < 4.78 is 0. The molecule has 1 rings (SSSR count). The molecule has 0 aromatic heterocycles. The highest BCUT2D eigenvalue weighted by Gasteiger charge is 2.22. The van der Waals surface area contributed by atoms with Crippen LogP contribution in [0.5, 0.6) is 0 Å². The fourth-order valence-corrected chi connectivity index (χ4v) is 2.24. The van der Waals surface area contributed by atoms with Gasteiger partial charge in [0.2, 0.25) is 0 Å². The maximum absolute atomic E-state index is 9.94. The number of hydrogen-bond donors (Lipinski definition) is 1. The molecular weight excluding hydrogens is 196 g/mol. The molecule has 0 bridgehead atoms. The minimum absolute atomic E-state index is 0.514. The van der Waals surface area contributed by atoms with Crippen LogP contribution in [0.2, 0.25) is 0 Å². The molecular formula is C15H24O. The zero-order chi connectivity index (χ0) is 12.3. The molecule has 1 heteroatoms. The summed E-state index contributed by atoms with van der Waals surface area (Å²) in [5, 5.41) is 9.94. The molecule has 0 amide bonds. The molecule has 1 N–H and O–H groups in total. The molecule has 1 nitrogen and oxygen atoms in total. The van der Waals surface area contributed by atoms with Crippen molar-refractivity contribution in [2.75, 3.05) is 0 Å². The van der Waals surface area contributed by atoms with Gasteiger partial charge in [0, 0.05) is 5.92 Å². The molecule has 0 saturated heterocycles. The molecule has 90 valence electrons. The Morgan fingerprint density at radius 2 is 2.12 bits per heavy atom. The van der Waals surface area contributed by atoms with E-state index in [1.165, 1.54) is 16.7 Å². The van der Waals surface area contributed by atoms with Crippen molar-refractivity contribution in [3.05, 3.63) is 35.5 Å². The molecule has 1 aliphatic carbocycles. The topological polar surface area (TPSA) is 20.2 Å². The highest BCUT2D eigenvalue weighted by molar-refractivity contribution is 5.29. The van der Waals surface area contributed by atoms with Crippen molar-refractivity contribution in [2.24, 2.45) is 5.92 Å². The number of aliphatic hydroxyl groups is 1. The molecule has 16 heavy (non-hydrogen) atoms. The van der Waals surface area contributed by atoms with Gasteiger partial charge in [-0.3, -0.25) is 0 Å². The van der Waals surface area contributed by atoms with Crippen molar-refractivity contribution < 1.29 is 5.11 Å². The SMILES string of the molecule is C=C[C@](C)(O)CC[C@H]1C(C)=CCC(C)=C1C. The first kappa shape index (κ1) is 13.2. The average Bonchev–Trinajstić information content (AvgIpc) is 2.24. The highest BCUT2D eigenvalue weighted by atomic mass is 16.3. The Labute approximate surface area is 99.6 Å². The Morgan fingerprint density at radius 3 is 2.69 bits per heavy atom. The van der Waals surface area contributed by atoms with Crippen molar-refractivity contribution in [3.8, 4) is 0 Å². The summed E-state index contributed by atoms with van der Waals surface area (Å²) in [4.78, 5) is 0. The third kappa shape index (κ3) is 3.08. The van der Waals surface area contributed by atoms with E-state index in [1.807, 2.05) is 6.92 Å². The monoisotopic (exact) mass is 220 g/mol. The second kappa shape index (κ2) is 5.01. The molecule has 0 aliphatic heterocycles. The standard InChI is InChI=1S/C15H24O/c1-6-15(5,16)10-9-14-12(3)8-7-11(2)13(14)4/h6,8,14,16H,1,7,9-10H2,2-5H3/t14-,15-/m0/s1. The molecule has 2 atom stereocenters. The molecule has 0 spiro atoms. The summed E-state index contributed by atoms with van der Waals surface area (Å²) in [7, 11) is 0.